The summed E-state index contributed by atoms with van der Waals surface area (Å²) in [5.74, 6) is -0.929. The normalized spacial score (nSPS) is 10.1. The monoisotopic (exact) mass is 225 g/mol. The summed E-state index contributed by atoms with van der Waals surface area (Å²) in [6.07, 6.45) is 3.85. The molecular weight excluding hydrogens is 210 g/mol. The molecule has 0 spiro atoms. The Morgan fingerprint density at radius 2 is 2.19 bits per heavy atom. The smallest absolute Gasteiger partial charge is 0.338 e. The predicted molar refractivity (Wildman–Crippen MR) is 57.1 cm³/mol. The standard InChI is InChI=1S/C10H15N3O3/c1-12(2)9(14)4-3-5-13-7-8(6-11-13)10(15)16/h6-7H,3-5H2,1-2H3,(H,15,16). The number of aromatic nitrogens is 2. The summed E-state index contributed by atoms with van der Waals surface area (Å²) < 4.78 is 1.53. The van der Waals surface area contributed by atoms with Gasteiger partial charge in [0.1, 0.15) is 0 Å². The minimum absolute atomic E-state index is 0.0608. The molecule has 0 atom stereocenters. The minimum Gasteiger partial charge on any atom is -0.478 e. The second-order valence-electron chi connectivity index (χ2n) is 3.69. The van der Waals surface area contributed by atoms with Crippen molar-refractivity contribution in [1.82, 2.24) is 14.7 Å². The van der Waals surface area contributed by atoms with E-state index in [0.717, 1.165) is 0 Å². The first-order valence-corrected chi connectivity index (χ1v) is 4.96. The Morgan fingerprint density at radius 3 is 2.69 bits per heavy atom. The van der Waals surface area contributed by atoms with Crippen LogP contribution < -0.4 is 0 Å². The molecule has 1 aromatic rings. The number of aryl methyl sites for hydroxylation is 1. The Kier molecular flexibility index (Phi) is 4.04. The molecule has 0 radical (unpaired) electrons. The van der Waals surface area contributed by atoms with Crippen LogP contribution in [0.25, 0.3) is 0 Å². The Hall–Kier alpha value is -1.85. The van der Waals surface area contributed by atoms with Gasteiger partial charge in [-0.2, -0.15) is 5.10 Å². The molecule has 1 aromatic heterocycles. The van der Waals surface area contributed by atoms with E-state index < -0.39 is 5.97 Å². The average molecular weight is 225 g/mol. The highest BCUT2D eigenvalue weighted by Crippen LogP contribution is 2.01. The molecule has 0 unspecified atom stereocenters. The van der Waals surface area contributed by atoms with Gasteiger partial charge in [0.25, 0.3) is 0 Å². The third-order valence-corrected chi connectivity index (χ3v) is 2.16. The number of rotatable bonds is 5. The number of amides is 1. The Labute approximate surface area is 93.5 Å². The zero-order valence-electron chi connectivity index (χ0n) is 9.38. The van der Waals surface area contributed by atoms with Crippen molar-refractivity contribution in [1.29, 1.82) is 0 Å². The number of carboxylic acids is 1. The van der Waals surface area contributed by atoms with Crippen LogP contribution in [0.1, 0.15) is 23.2 Å². The summed E-state index contributed by atoms with van der Waals surface area (Å²) in [5.41, 5.74) is 0.166. The Morgan fingerprint density at radius 1 is 1.50 bits per heavy atom. The lowest BCUT2D eigenvalue weighted by Gasteiger charge is -2.09. The number of hydrogen-bond donors (Lipinski definition) is 1. The van der Waals surface area contributed by atoms with Crippen LogP contribution in [0.4, 0.5) is 0 Å². The highest BCUT2D eigenvalue weighted by Gasteiger charge is 2.07. The third kappa shape index (κ3) is 3.38. The van der Waals surface area contributed by atoms with E-state index in [0.29, 0.717) is 19.4 Å². The van der Waals surface area contributed by atoms with Crippen LogP contribution in [-0.4, -0.2) is 45.8 Å². The van der Waals surface area contributed by atoms with Crippen LogP contribution in [0.15, 0.2) is 12.4 Å². The molecule has 0 saturated heterocycles. The molecule has 16 heavy (non-hydrogen) atoms. The van der Waals surface area contributed by atoms with Crippen LogP contribution in [0, 0.1) is 0 Å². The lowest BCUT2D eigenvalue weighted by atomic mass is 10.3. The minimum atomic E-state index is -0.990. The molecule has 6 heteroatoms. The summed E-state index contributed by atoms with van der Waals surface area (Å²) in [5, 5.41) is 12.6. The van der Waals surface area contributed by atoms with Gasteiger partial charge in [0.15, 0.2) is 0 Å². The van der Waals surface area contributed by atoms with Crippen LogP contribution in [0.3, 0.4) is 0 Å². The molecule has 1 heterocycles. The molecule has 6 nitrogen and oxygen atoms in total. The van der Waals surface area contributed by atoms with E-state index in [1.807, 2.05) is 0 Å². The maximum Gasteiger partial charge on any atom is 0.338 e. The maximum atomic E-state index is 11.2. The predicted octanol–water partition coefficient (Wildman–Crippen LogP) is 0.450. The lowest BCUT2D eigenvalue weighted by molar-refractivity contribution is -0.128. The quantitative estimate of drug-likeness (QED) is 0.789. The third-order valence-electron chi connectivity index (χ3n) is 2.16. The van der Waals surface area contributed by atoms with Gasteiger partial charge in [0.05, 0.1) is 11.8 Å². The summed E-state index contributed by atoms with van der Waals surface area (Å²) in [4.78, 5) is 23.4. The van der Waals surface area contributed by atoms with E-state index in [-0.39, 0.29) is 11.5 Å². The van der Waals surface area contributed by atoms with E-state index in [1.54, 1.807) is 14.1 Å². The SMILES string of the molecule is CN(C)C(=O)CCCn1cc(C(=O)O)cn1. The van der Waals surface area contributed by atoms with Crippen molar-refractivity contribution < 1.29 is 14.7 Å². The fourth-order valence-electron chi connectivity index (χ4n) is 1.21. The number of carboxylic acid groups (broad SMARTS) is 1. The molecule has 0 aliphatic heterocycles. The molecule has 0 aliphatic rings. The van der Waals surface area contributed by atoms with Crippen LogP contribution in [0.2, 0.25) is 0 Å². The van der Waals surface area contributed by atoms with Crippen molar-refractivity contribution in [2.75, 3.05) is 14.1 Å². The van der Waals surface area contributed by atoms with E-state index in [4.69, 9.17) is 5.11 Å². The van der Waals surface area contributed by atoms with Crippen molar-refractivity contribution in [2.45, 2.75) is 19.4 Å². The van der Waals surface area contributed by atoms with Crippen molar-refractivity contribution in [3.8, 4) is 0 Å². The molecule has 0 aliphatic carbocycles. The van der Waals surface area contributed by atoms with E-state index in [2.05, 4.69) is 5.10 Å². The lowest BCUT2D eigenvalue weighted by Crippen LogP contribution is -2.21. The topological polar surface area (TPSA) is 75.4 Å². The maximum absolute atomic E-state index is 11.2. The Bertz CT molecular complexity index is 384. The summed E-state index contributed by atoms with van der Waals surface area (Å²) in [6, 6.07) is 0. The van der Waals surface area contributed by atoms with Gasteiger partial charge in [0.2, 0.25) is 5.91 Å². The largest absolute Gasteiger partial charge is 0.478 e. The summed E-state index contributed by atoms with van der Waals surface area (Å²) >= 11 is 0. The number of carbonyl (C=O) groups is 2. The number of aromatic carboxylic acids is 1. The zero-order chi connectivity index (χ0) is 12.1. The number of nitrogens with zero attached hydrogens (tertiary/aromatic N) is 3. The summed E-state index contributed by atoms with van der Waals surface area (Å²) in [6.45, 7) is 0.548. The highest BCUT2D eigenvalue weighted by atomic mass is 16.4. The fourth-order valence-corrected chi connectivity index (χ4v) is 1.21. The van der Waals surface area contributed by atoms with Gasteiger partial charge in [0, 0.05) is 33.3 Å². The van der Waals surface area contributed by atoms with E-state index in [9.17, 15) is 9.59 Å². The zero-order valence-corrected chi connectivity index (χ0v) is 9.38. The highest BCUT2D eigenvalue weighted by molar-refractivity contribution is 5.86. The van der Waals surface area contributed by atoms with Crippen molar-refractivity contribution >= 4 is 11.9 Å². The molecule has 1 rings (SSSR count). The van der Waals surface area contributed by atoms with E-state index >= 15 is 0 Å². The van der Waals surface area contributed by atoms with Gasteiger partial charge < -0.3 is 10.0 Å². The van der Waals surface area contributed by atoms with Crippen molar-refractivity contribution in [2.24, 2.45) is 0 Å². The molecule has 0 fully saturated rings. The van der Waals surface area contributed by atoms with Gasteiger partial charge in [-0.15, -0.1) is 0 Å². The van der Waals surface area contributed by atoms with Gasteiger partial charge in [-0.05, 0) is 6.42 Å². The van der Waals surface area contributed by atoms with Gasteiger partial charge in [-0.25, -0.2) is 4.79 Å². The van der Waals surface area contributed by atoms with Gasteiger partial charge in [-0.1, -0.05) is 0 Å². The Balaban J connectivity index is 2.37. The van der Waals surface area contributed by atoms with Crippen LogP contribution in [0.5, 0.6) is 0 Å². The van der Waals surface area contributed by atoms with Crippen LogP contribution in [-0.2, 0) is 11.3 Å². The first kappa shape index (κ1) is 12.2. The second-order valence-corrected chi connectivity index (χ2v) is 3.69. The van der Waals surface area contributed by atoms with Crippen LogP contribution >= 0.6 is 0 Å². The number of carbonyl (C=O) groups excluding carboxylic acids is 1. The molecule has 0 bridgehead atoms. The first-order valence-electron chi connectivity index (χ1n) is 4.96. The molecule has 0 saturated carbocycles. The second kappa shape index (κ2) is 5.29. The van der Waals surface area contributed by atoms with Gasteiger partial charge in [-0.3, -0.25) is 9.48 Å². The van der Waals surface area contributed by atoms with Gasteiger partial charge >= 0.3 is 5.97 Å². The molecular formula is C10H15N3O3. The molecule has 88 valence electrons. The molecule has 1 N–H and O–H groups in total. The first-order chi connectivity index (χ1) is 7.50. The van der Waals surface area contributed by atoms with Crippen molar-refractivity contribution in [3.63, 3.8) is 0 Å². The molecule has 0 aromatic carbocycles. The van der Waals surface area contributed by atoms with E-state index in [1.165, 1.54) is 22.0 Å². The summed E-state index contributed by atoms with van der Waals surface area (Å²) in [7, 11) is 3.41. The number of hydrogen-bond acceptors (Lipinski definition) is 3. The molecule has 1 amide bonds. The van der Waals surface area contributed by atoms with Crippen molar-refractivity contribution in [3.05, 3.63) is 18.0 Å². The average Bonchev–Trinajstić information content (AvgIpc) is 2.66. The fraction of sp³-hybridized carbons (Fsp3) is 0.500.